The van der Waals surface area contributed by atoms with E-state index >= 15 is 0 Å². The Morgan fingerprint density at radius 1 is 1.37 bits per heavy atom. The Morgan fingerprint density at radius 2 is 2.00 bits per heavy atom. The Kier molecular flexibility index (Phi) is 4.05. The number of carboxylic acid groups (broad SMARTS) is 1. The first kappa shape index (κ1) is 13.8. The molecular weight excluding hydrogens is 262 g/mol. The van der Waals surface area contributed by atoms with Crippen molar-refractivity contribution in [3.8, 4) is 0 Å². The normalized spacial score (nSPS) is 12.6. The molecule has 19 heavy (non-hydrogen) atoms. The zero-order valence-corrected chi connectivity index (χ0v) is 11.7. The second kappa shape index (κ2) is 5.57. The van der Waals surface area contributed by atoms with Crippen molar-refractivity contribution in [2.75, 3.05) is 0 Å². The Hall–Kier alpha value is -1.61. The number of carboxylic acids is 1. The van der Waals surface area contributed by atoms with Gasteiger partial charge in [0.2, 0.25) is 0 Å². The van der Waals surface area contributed by atoms with Crippen LogP contribution in [0.5, 0.6) is 0 Å². The highest BCUT2D eigenvalue weighted by atomic mass is 35.5. The number of benzene rings is 1. The van der Waals surface area contributed by atoms with Gasteiger partial charge >= 0.3 is 5.97 Å². The molecule has 1 aromatic carbocycles. The van der Waals surface area contributed by atoms with Crippen molar-refractivity contribution in [3.05, 3.63) is 40.7 Å². The molecule has 1 atom stereocenters. The van der Waals surface area contributed by atoms with Crippen molar-refractivity contribution in [3.63, 3.8) is 0 Å². The van der Waals surface area contributed by atoms with Crippen molar-refractivity contribution in [2.45, 2.75) is 32.6 Å². The molecule has 0 bridgehead atoms. The lowest BCUT2D eigenvalue weighted by Crippen LogP contribution is -2.09. The van der Waals surface area contributed by atoms with Crippen LogP contribution in [0.4, 0.5) is 0 Å². The molecule has 4 heteroatoms. The van der Waals surface area contributed by atoms with E-state index in [9.17, 15) is 4.79 Å². The van der Waals surface area contributed by atoms with Gasteiger partial charge < -0.3 is 5.11 Å². The molecule has 1 N–H and O–H groups in total. The summed E-state index contributed by atoms with van der Waals surface area (Å²) in [6.45, 7) is 4.10. The molecule has 1 heterocycles. The average Bonchev–Trinajstić information content (AvgIpc) is 2.40. The Labute approximate surface area is 117 Å². The van der Waals surface area contributed by atoms with Gasteiger partial charge in [0.05, 0.1) is 6.42 Å². The molecule has 0 unspecified atom stereocenters. The fourth-order valence-electron chi connectivity index (χ4n) is 2.24. The number of aromatic nitrogens is 1. The number of hydrogen-bond donors (Lipinski definition) is 1. The zero-order valence-electron chi connectivity index (χ0n) is 11.0. The van der Waals surface area contributed by atoms with Crippen molar-refractivity contribution in [2.24, 2.45) is 0 Å². The minimum Gasteiger partial charge on any atom is -0.481 e. The Bertz CT molecular complexity index is 625. The van der Waals surface area contributed by atoms with E-state index < -0.39 is 5.97 Å². The highest BCUT2D eigenvalue weighted by molar-refractivity contribution is 6.34. The number of hydrogen-bond acceptors (Lipinski definition) is 2. The lowest BCUT2D eigenvalue weighted by Gasteiger charge is -2.16. The van der Waals surface area contributed by atoms with Gasteiger partial charge in [0, 0.05) is 11.1 Å². The van der Waals surface area contributed by atoms with Crippen LogP contribution in [0.2, 0.25) is 5.15 Å². The number of pyridine rings is 1. The number of halogens is 1. The first-order valence-corrected chi connectivity index (χ1v) is 6.71. The minimum atomic E-state index is -0.848. The van der Waals surface area contributed by atoms with E-state index in [1.54, 1.807) is 0 Å². The number of aliphatic carboxylic acids is 1. The standard InChI is InChI=1S/C15H16ClNO2/c1-3-9(2)14-12(8-13(18)19)10-6-4-5-7-11(10)15(16)17-14/h4-7,9H,3,8H2,1-2H3,(H,18,19)/t9-/m0/s1. The van der Waals surface area contributed by atoms with Gasteiger partial charge in [-0.1, -0.05) is 49.7 Å². The average molecular weight is 278 g/mol. The van der Waals surface area contributed by atoms with Gasteiger partial charge in [0.15, 0.2) is 0 Å². The number of fused-ring (bicyclic) bond motifs is 1. The quantitative estimate of drug-likeness (QED) is 0.859. The smallest absolute Gasteiger partial charge is 0.307 e. The molecule has 0 spiro atoms. The van der Waals surface area contributed by atoms with E-state index in [2.05, 4.69) is 11.9 Å². The minimum absolute atomic E-state index is 0.0235. The van der Waals surface area contributed by atoms with Crippen LogP contribution < -0.4 is 0 Å². The molecule has 0 saturated carbocycles. The van der Waals surface area contributed by atoms with Crippen LogP contribution in [0.15, 0.2) is 24.3 Å². The van der Waals surface area contributed by atoms with Crippen molar-refractivity contribution >= 4 is 28.3 Å². The van der Waals surface area contributed by atoms with Crippen LogP contribution in [-0.4, -0.2) is 16.1 Å². The molecule has 1 aromatic heterocycles. The molecule has 0 amide bonds. The number of rotatable bonds is 4. The third-order valence-electron chi connectivity index (χ3n) is 3.41. The maximum Gasteiger partial charge on any atom is 0.307 e. The molecule has 2 aromatic rings. The van der Waals surface area contributed by atoms with Crippen molar-refractivity contribution in [1.29, 1.82) is 0 Å². The zero-order chi connectivity index (χ0) is 14.0. The highest BCUT2D eigenvalue weighted by Crippen LogP contribution is 2.32. The van der Waals surface area contributed by atoms with Crippen molar-refractivity contribution < 1.29 is 9.90 Å². The number of carbonyl (C=O) groups is 1. The van der Waals surface area contributed by atoms with Gasteiger partial charge in [-0.2, -0.15) is 0 Å². The molecule has 0 aliphatic carbocycles. The van der Waals surface area contributed by atoms with Crippen LogP contribution in [0.25, 0.3) is 10.8 Å². The monoisotopic (exact) mass is 277 g/mol. The summed E-state index contributed by atoms with van der Waals surface area (Å²) in [6.07, 6.45) is 0.874. The van der Waals surface area contributed by atoms with E-state index in [1.165, 1.54) is 0 Å². The summed E-state index contributed by atoms with van der Waals surface area (Å²) in [5, 5.41) is 11.3. The molecule has 0 saturated heterocycles. The predicted octanol–water partition coefficient (Wildman–Crippen LogP) is 4.03. The molecule has 100 valence electrons. The van der Waals surface area contributed by atoms with Crippen molar-refractivity contribution in [1.82, 2.24) is 4.98 Å². The summed E-state index contributed by atoms with van der Waals surface area (Å²) in [5.74, 6) is -0.657. The molecular formula is C15H16ClNO2. The van der Waals surface area contributed by atoms with Crippen LogP contribution in [0.1, 0.15) is 37.4 Å². The van der Waals surface area contributed by atoms with Gasteiger partial charge in [-0.15, -0.1) is 0 Å². The summed E-state index contributed by atoms with van der Waals surface area (Å²) in [7, 11) is 0. The molecule has 0 aliphatic rings. The summed E-state index contributed by atoms with van der Waals surface area (Å²) < 4.78 is 0. The molecule has 3 nitrogen and oxygen atoms in total. The summed E-state index contributed by atoms with van der Waals surface area (Å²) in [6, 6.07) is 7.55. The molecule has 2 rings (SSSR count). The first-order chi connectivity index (χ1) is 9.04. The topological polar surface area (TPSA) is 50.2 Å². The van der Waals surface area contributed by atoms with Gasteiger partial charge in [-0.3, -0.25) is 4.79 Å². The van der Waals surface area contributed by atoms with E-state index in [0.29, 0.717) is 5.15 Å². The fraction of sp³-hybridized carbons (Fsp3) is 0.333. The first-order valence-electron chi connectivity index (χ1n) is 6.33. The summed E-state index contributed by atoms with van der Waals surface area (Å²) in [4.78, 5) is 15.5. The molecule has 0 radical (unpaired) electrons. The lowest BCUT2D eigenvalue weighted by molar-refractivity contribution is -0.136. The summed E-state index contributed by atoms with van der Waals surface area (Å²) >= 11 is 6.21. The molecule has 0 fully saturated rings. The van der Waals surface area contributed by atoms with Gasteiger partial charge in [0.1, 0.15) is 5.15 Å². The van der Waals surface area contributed by atoms with E-state index in [0.717, 1.165) is 28.5 Å². The van der Waals surface area contributed by atoms with Crippen LogP contribution in [-0.2, 0) is 11.2 Å². The largest absolute Gasteiger partial charge is 0.481 e. The highest BCUT2D eigenvalue weighted by Gasteiger charge is 2.18. The maximum absolute atomic E-state index is 11.1. The van der Waals surface area contributed by atoms with Gasteiger partial charge in [0.25, 0.3) is 0 Å². The fourth-order valence-corrected chi connectivity index (χ4v) is 2.49. The SMILES string of the molecule is CC[C@H](C)c1nc(Cl)c2ccccc2c1CC(=O)O. The van der Waals surface area contributed by atoms with E-state index in [-0.39, 0.29) is 12.3 Å². The number of nitrogens with zero attached hydrogens (tertiary/aromatic N) is 1. The van der Waals surface area contributed by atoms with Crippen LogP contribution >= 0.6 is 11.6 Å². The second-order valence-electron chi connectivity index (χ2n) is 4.69. The lowest BCUT2D eigenvalue weighted by atomic mass is 9.93. The maximum atomic E-state index is 11.1. The van der Waals surface area contributed by atoms with Gasteiger partial charge in [-0.05, 0) is 23.3 Å². The second-order valence-corrected chi connectivity index (χ2v) is 5.05. The third-order valence-corrected chi connectivity index (χ3v) is 3.70. The molecule has 0 aliphatic heterocycles. The Morgan fingerprint density at radius 3 is 2.58 bits per heavy atom. The third kappa shape index (κ3) is 2.71. The van der Waals surface area contributed by atoms with E-state index in [4.69, 9.17) is 16.7 Å². The summed E-state index contributed by atoms with van der Waals surface area (Å²) in [5.41, 5.74) is 1.58. The van der Waals surface area contributed by atoms with E-state index in [1.807, 2.05) is 31.2 Å². The Balaban J connectivity index is 2.76. The van der Waals surface area contributed by atoms with Crippen LogP contribution in [0.3, 0.4) is 0 Å². The predicted molar refractivity (Wildman–Crippen MR) is 76.8 cm³/mol. The van der Waals surface area contributed by atoms with Crippen LogP contribution in [0, 0.1) is 0 Å². The van der Waals surface area contributed by atoms with Gasteiger partial charge in [-0.25, -0.2) is 4.98 Å².